The van der Waals surface area contributed by atoms with Gasteiger partial charge in [-0.25, -0.2) is 0 Å². The second-order valence-electron chi connectivity index (χ2n) is 7.64. The molecule has 0 aliphatic carbocycles. The molecule has 0 bridgehead atoms. The van der Waals surface area contributed by atoms with Gasteiger partial charge in [0.2, 0.25) is 5.78 Å². The summed E-state index contributed by atoms with van der Waals surface area (Å²) in [6.45, 7) is 3.76. The van der Waals surface area contributed by atoms with E-state index >= 15 is 0 Å². The third kappa shape index (κ3) is 2.72. The molecule has 0 amide bonds. The number of aliphatic hydroxyl groups is 1. The third-order valence-electron chi connectivity index (χ3n) is 5.28. The Balaban J connectivity index is 1.76. The van der Waals surface area contributed by atoms with Crippen molar-refractivity contribution in [3.63, 3.8) is 0 Å². The first kappa shape index (κ1) is 17.7. The van der Waals surface area contributed by atoms with E-state index in [1.807, 2.05) is 13.8 Å². The van der Waals surface area contributed by atoms with Gasteiger partial charge in [0.25, 0.3) is 0 Å². The first-order valence-corrected chi connectivity index (χ1v) is 8.87. The summed E-state index contributed by atoms with van der Waals surface area (Å²) in [6.07, 6.45) is 1.53. The van der Waals surface area contributed by atoms with Crippen LogP contribution in [-0.4, -0.2) is 35.3 Å². The lowest BCUT2D eigenvalue weighted by atomic mass is 9.82. The number of phenols is 1. The number of ketones is 1. The first-order valence-electron chi connectivity index (χ1n) is 8.87. The highest BCUT2D eigenvalue weighted by Gasteiger charge is 2.47. The number of rotatable bonds is 2. The SMILES string of the molecule is COc1ccc(C2(O)COc3c(ccc4c3CCC(C)(C)O4)C2=O)c(O)c1. The van der Waals surface area contributed by atoms with Crippen LogP contribution in [0, 0.1) is 0 Å². The summed E-state index contributed by atoms with van der Waals surface area (Å²) in [6, 6.07) is 7.78. The van der Waals surface area contributed by atoms with Crippen molar-refractivity contribution in [2.45, 2.75) is 37.9 Å². The molecule has 0 saturated carbocycles. The number of carbonyl (C=O) groups is 1. The van der Waals surface area contributed by atoms with Gasteiger partial charge in [-0.05, 0) is 51.0 Å². The van der Waals surface area contributed by atoms with Crippen LogP contribution in [0.2, 0.25) is 0 Å². The molecule has 1 atom stereocenters. The Morgan fingerprint density at radius 1 is 1.19 bits per heavy atom. The smallest absolute Gasteiger partial charge is 0.206 e. The molecule has 6 nitrogen and oxygen atoms in total. The van der Waals surface area contributed by atoms with Crippen molar-refractivity contribution in [2.24, 2.45) is 0 Å². The number of hydrogen-bond acceptors (Lipinski definition) is 6. The monoisotopic (exact) mass is 370 g/mol. The van der Waals surface area contributed by atoms with Gasteiger partial charge >= 0.3 is 0 Å². The predicted octanol–water partition coefficient (Wildman–Crippen LogP) is 2.97. The van der Waals surface area contributed by atoms with E-state index in [9.17, 15) is 15.0 Å². The van der Waals surface area contributed by atoms with Crippen molar-refractivity contribution in [1.82, 2.24) is 0 Å². The Hall–Kier alpha value is -2.73. The number of ether oxygens (including phenoxy) is 3. The minimum Gasteiger partial charge on any atom is -0.507 e. The third-order valence-corrected chi connectivity index (χ3v) is 5.28. The molecule has 27 heavy (non-hydrogen) atoms. The second-order valence-corrected chi connectivity index (χ2v) is 7.64. The normalized spacial score (nSPS) is 22.9. The molecule has 0 aromatic heterocycles. The fraction of sp³-hybridized carbons (Fsp3) is 0.381. The Morgan fingerprint density at radius 2 is 1.96 bits per heavy atom. The van der Waals surface area contributed by atoms with Crippen molar-refractivity contribution < 1.29 is 29.2 Å². The highest BCUT2D eigenvalue weighted by atomic mass is 16.5. The van der Waals surface area contributed by atoms with E-state index in [0.717, 1.165) is 18.4 Å². The van der Waals surface area contributed by atoms with E-state index in [4.69, 9.17) is 14.2 Å². The zero-order valence-corrected chi connectivity index (χ0v) is 15.5. The van der Waals surface area contributed by atoms with Crippen LogP contribution in [0.1, 0.15) is 41.8 Å². The van der Waals surface area contributed by atoms with Gasteiger partial charge in [0.1, 0.15) is 35.2 Å². The molecule has 2 aromatic carbocycles. The van der Waals surface area contributed by atoms with Gasteiger partial charge in [0.05, 0.1) is 12.7 Å². The topological polar surface area (TPSA) is 85.2 Å². The lowest BCUT2D eigenvalue weighted by molar-refractivity contribution is -0.00725. The average Bonchev–Trinajstić information content (AvgIpc) is 2.63. The number of carbonyl (C=O) groups excluding carboxylic acids is 1. The maximum Gasteiger partial charge on any atom is 0.206 e. The lowest BCUT2D eigenvalue weighted by Gasteiger charge is -2.37. The number of phenolic OH excluding ortho intramolecular Hbond substituents is 1. The van der Waals surface area contributed by atoms with E-state index in [2.05, 4.69) is 0 Å². The summed E-state index contributed by atoms with van der Waals surface area (Å²) >= 11 is 0. The van der Waals surface area contributed by atoms with Crippen LogP contribution < -0.4 is 14.2 Å². The molecule has 0 saturated heterocycles. The molecule has 6 heteroatoms. The van der Waals surface area contributed by atoms with Crippen LogP contribution in [-0.2, 0) is 12.0 Å². The standard InChI is InChI=1S/C21H22O6/c1-20(2)9-8-13-17(27-20)7-5-14-18(13)26-11-21(24,19(14)23)15-6-4-12(25-3)10-16(15)22/h4-7,10,22,24H,8-9,11H2,1-3H3. The van der Waals surface area contributed by atoms with E-state index in [1.54, 1.807) is 18.2 Å². The summed E-state index contributed by atoms with van der Waals surface area (Å²) in [7, 11) is 1.47. The van der Waals surface area contributed by atoms with Crippen LogP contribution in [0.3, 0.4) is 0 Å². The van der Waals surface area contributed by atoms with Gasteiger partial charge in [-0.1, -0.05) is 0 Å². The number of fused-ring (bicyclic) bond motifs is 3. The molecule has 142 valence electrons. The van der Waals surface area contributed by atoms with Gasteiger partial charge in [-0.15, -0.1) is 0 Å². The minimum absolute atomic E-state index is 0.0917. The van der Waals surface area contributed by atoms with E-state index in [1.165, 1.54) is 19.2 Å². The van der Waals surface area contributed by atoms with Crippen molar-refractivity contribution in [3.05, 3.63) is 47.0 Å². The van der Waals surface area contributed by atoms with Gasteiger partial charge in [-0.2, -0.15) is 0 Å². The fourth-order valence-electron chi connectivity index (χ4n) is 3.71. The number of Topliss-reactive ketones (excluding diaryl/α,β-unsaturated/α-hetero) is 1. The van der Waals surface area contributed by atoms with Gasteiger partial charge in [-0.3, -0.25) is 4.79 Å². The molecular formula is C21H22O6. The van der Waals surface area contributed by atoms with Crippen LogP contribution in [0.5, 0.6) is 23.0 Å². The van der Waals surface area contributed by atoms with E-state index in [0.29, 0.717) is 22.8 Å². The molecule has 2 aliphatic heterocycles. The predicted molar refractivity (Wildman–Crippen MR) is 97.9 cm³/mol. The fourth-order valence-corrected chi connectivity index (χ4v) is 3.71. The highest BCUT2D eigenvalue weighted by Crippen LogP contribution is 2.46. The van der Waals surface area contributed by atoms with Crippen LogP contribution in [0.15, 0.2) is 30.3 Å². The summed E-state index contributed by atoms with van der Waals surface area (Å²) in [5, 5.41) is 21.4. The van der Waals surface area contributed by atoms with Gasteiger partial charge < -0.3 is 24.4 Å². The minimum atomic E-state index is -1.97. The molecule has 2 aliphatic rings. The molecular weight excluding hydrogens is 348 g/mol. The van der Waals surface area contributed by atoms with E-state index in [-0.39, 0.29) is 23.5 Å². The molecule has 2 aromatic rings. The van der Waals surface area contributed by atoms with Crippen molar-refractivity contribution in [1.29, 1.82) is 0 Å². The van der Waals surface area contributed by atoms with Gasteiger partial charge in [0, 0.05) is 17.2 Å². The summed E-state index contributed by atoms with van der Waals surface area (Å²) < 4.78 is 16.9. The number of aromatic hydroxyl groups is 1. The summed E-state index contributed by atoms with van der Waals surface area (Å²) in [4.78, 5) is 13.1. The summed E-state index contributed by atoms with van der Waals surface area (Å²) in [5.41, 5.74) is -1.00. The molecule has 2 N–H and O–H groups in total. The van der Waals surface area contributed by atoms with Crippen LogP contribution >= 0.6 is 0 Å². The van der Waals surface area contributed by atoms with Crippen LogP contribution in [0.25, 0.3) is 0 Å². The Labute approximate surface area is 157 Å². The zero-order chi connectivity index (χ0) is 19.4. The van der Waals surface area contributed by atoms with Crippen LogP contribution in [0.4, 0.5) is 0 Å². The summed E-state index contributed by atoms with van der Waals surface area (Å²) in [5.74, 6) is 0.872. The molecule has 4 rings (SSSR count). The van der Waals surface area contributed by atoms with Crippen molar-refractivity contribution in [2.75, 3.05) is 13.7 Å². The van der Waals surface area contributed by atoms with Gasteiger partial charge in [0.15, 0.2) is 5.60 Å². The molecule has 2 heterocycles. The number of benzene rings is 2. The molecule has 0 radical (unpaired) electrons. The molecule has 0 spiro atoms. The molecule has 0 fully saturated rings. The second kappa shape index (κ2) is 5.89. The maximum absolute atomic E-state index is 13.1. The van der Waals surface area contributed by atoms with E-state index < -0.39 is 11.4 Å². The lowest BCUT2D eigenvalue weighted by Crippen LogP contribution is -2.45. The van der Waals surface area contributed by atoms with Crippen molar-refractivity contribution >= 4 is 5.78 Å². The zero-order valence-electron chi connectivity index (χ0n) is 15.5. The maximum atomic E-state index is 13.1. The largest absolute Gasteiger partial charge is 0.507 e. The first-order chi connectivity index (χ1) is 12.7. The average molecular weight is 370 g/mol. The quantitative estimate of drug-likeness (QED) is 0.845. The Morgan fingerprint density at radius 3 is 2.67 bits per heavy atom. The molecule has 1 unspecified atom stereocenters. The van der Waals surface area contributed by atoms with Crippen molar-refractivity contribution in [3.8, 4) is 23.0 Å². The highest BCUT2D eigenvalue weighted by molar-refractivity contribution is 6.07. The number of hydrogen-bond donors (Lipinski definition) is 2. The Kier molecular flexibility index (Phi) is 3.85. The number of methoxy groups -OCH3 is 1. The Bertz CT molecular complexity index is 933.